The summed E-state index contributed by atoms with van der Waals surface area (Å²) in [6.07, 6.45) is 3.00. The molecule has 0 rings (SSSR count). The Labute approximate surface area is 61.1 Å². The largest absolute Gasteiger partial charge is 0.204 e. The predicted molar refractivity (Wildman–Crippen MR) is 43.9 cm³/mol. The molecule has 0 saturated heterocycles. The van der Waals surface area contributed by atoms with Crippen LogP contribution in [-0.2, 0) is 0 Å². The van der Waals surface area contributed by atoms with Crippen LogP contribution in [0.4, 0.5) is 0 Å². The standard InChI is InChI=1S/C8H8N2/c1-3-5-9-7-8-10-6-4-2/h7-8H,1-2H3/b9-7-,10-8-. The Bertz CT molecular complexity index is 212. The molecule has 0 saturated carbocycles. The van der Waals surface area contributed by atoms with Crippen LogP contribution in [0.3, 0.4) is 0 Å². The van der Waals surface area contributed by atoms with Gasteiger partial charge < -0.3 is 0 Å². The molecule has 0 aromatic heterocycles. The van der Waals surface area contributed by atoms with Crippen molar-refractivity contribution in [2.45, 2.75) is 13.8 Å². The zero-order valence-electron chi connectivity index (χ0n) is 6.05. The monoisotopic (exact) mass is 132 g/mol. The first-order chi connectivity index (χ1) is 4.91. The van der Waals surface area contributed by atoms with Gasteiger partial charge in [-0.1, -0.05) is 11.8 Å². The van der Waals surface area contributed by atoms with Gasteiger partial charge in [-0.2, -0.15) is 0 Å². The first-order valence-electron chi connectivity index (χ1n) is 2.80. The number of rotatable bonds is 1. The average Bonchev–Trinajstić information content (AvgIpc) is 1.97. The molecule has 0 atom stereocenters. The fraction of sp³-hybridized carbons (Fsp3) is 0.250. The van der Waals surface area contributed by atoms with Gasteiger partial charge in [0.25, 0.3) is 0 Å². The van der Waals surface area contributed by atoms with Gasteiger partial charge in [0, 0.05) is 12.1 Å². The second kappa shape index (κ2) is 7.46. The molecule has 10 heavy (non-hydrogen) atoms. The van der Waals surface area contributed by atoms with Crippen molar-refractivity contribution in [3.63, 3.8) is 0 Å². The summed E-state index contributed by atoms with van der Waals surface area (Å²) in [5, 5.41) is 0. The molecule has 0 spiro atoms. The van der Waals surface area contributed by atoms with Crippen LogP contribution in [0.2, 0.25) is 0 Å². The van der Waals surface area contributed by atoms with Gasteiger partial charge in [-0.15, -0.1) is 0 Å². The summed E-state index contributed by atoms with van der Waals surface area (Å²) in [6, 6.07) is 5.01. The van der Waals surface area contributed by atoms with Gasteiger partial charge in [0.15, 0.2) is 0 Å². The van der Waals surface area contributed by atoms with E-state index in [9.17, 15) is 0 Å². The highest BCUT2D eigenvalue weighted by atomic mass is 14.7. The Balaban J connectivity index is 3.65. The molecule has 2 nitrogen and oxygen atoms in total. The van der Waals surface area contributed by atoms with Crippen LogP contribution in [0.25, 0.3) is 0 Å². The van der Waals surface area contributed by atoms with Crippen LogP contribution >= 0.6 is 0 Å². The van der Waals surface area contributed by atoms with Gasteiger partial charge in [0.05, 0.1) is 12.4 Å². The molecular weight excluding hydrogens is 124 g/mol. The Morgan fingerprint density at radius 1 is 0.900 bits per heavy atom. The minimum Gasteiger partial charge on any atom is -0.204 e. The van der Waals surface area contributed by atoms with E-state index in [2.05, 4.69) is 33.9 Å². The van der Waals surface area contributed by atoms with Crippen molar-refractivity contribution in [2.24, 2.45) is 9.98 Å². The molecule has 0 aliphatic rings. The molecular formula is C8H8N2. The van der Waals surface area contributed by atoms with Crippen molar-refractivity contribution in [3.8, 4) is 23.9 Å². The maximum atomic E-state index is 3.66. The summed E-state index contributed by atoms with van der Waals surface area (Å²) in [7, 11) is 0. The van der Waals surface area contributed by atoms with E-state index in [4.69, 9.17) is 0 Å². The lowest BCUT2D eigenvalue weighted by atomic mass is 10.7. The molecule has 0 aliphatic heterocycles. The van der Waals surface area contributed by atoms with Crippen molar-refractivity contribution >= 4 is 12.4 Å². The van der Waals surface area contributed by atoms with Crippen molar-refractivity contribution in [1.29, 1.82) is 0 Å². The van der Waals surface area contributed by atoms with E-state index in [1.807, 2.05) is 0 Å². The van der Waals surface area contributed by atoms with Crippen LogP contribution in [0.5, 0.6) is 0 Å². The van der Waals surface area contributed by atoms with Gasteiger partial charge in [0.2, 0.25) is 0 Å². The molecule has 0 aromatic rings. The molecule has 0 aliphatic carbocycles. The fourth-order valence-electron chi connectivity index (χ4n) is 0.270. The molecule has 0 bridgehead atoms. The summed E-state index contributed by atoms with van der Waals surface area (Å²) in [4.78, 5) is 7.32. The number of hydrogen-bond acceptors (Lipinski definition) is 2. The second-order valence-electron chi connectivity index (χ2n) is 1.28. The highest BCUT2D eigenvalue weighted by molar-refractivity contribution is 6.16. The lowest BCUT2D eigenvalue weighted by Gasteiger charge is -1.65. The highest BCUT2D eigenvalue weighted by Crippen LogP contribution is 1.59. The number of nitrogens with zero attached hydrogens (tertiary/aromatic N) is 2. The average molecular weight is 132 g/mol. The lowest BCUT2D eigenvalue weighted by Crippen LogP contribution is -1.70. The molecule has 0 unspecified atom stereocenters. The summed E-state index contributed by atoms with van der Waals surface area (Å²) in [5.74, 6) is 5.23. The second-order valence-corrected chi connectivity index (χ2v) is 1.28. The van der Waals surface area contributed by atoms with Crippen LogP contribution in [0.15, 0.2) is 9.98 Å². The van der Waals surface area contributed by atoms with Crippen LogP contribution in [0, 0.1) is 23.9 Å². The van der Waals surface area contributed by atoms with Crippen molar-refractivity contribution in [3.05, 3.63) is 0 Å². The molecule has 0 amide bonds. The topological polar surface area (TPSA) is 24.7 Å². The van der Waals surface area contributed by atoms with Crippen molar-refractivity contribution < 1.29 is 0 Å². The highest BCUT2D eigenvalue weighted by Gasteiger charge is 1.58. The summed E-state index contributed by atoms with van der Waals surface area (Å²) in [6.45, 7) is 3.45. The summed E-state index contributed by atoms with van der Waals surface area (Å²) in [5.41, 5.74) is 0. The van der Waals surface area contributed by atoms with Crippen LogP contribution in [-0.4, -0.2) is 12.4 Å². The molecule has 0 radical (unpaired) electrons. The lowest BCUT2D eigenvalue weighted by molar-refractivity contribution is 1.68. The van der Waals surface area contributed by atoms with E-state index in [0.717, 1.165) is 0 Å². The Hall–Kier alpha value is -1.54. The van der Waals surface area contributed by atoms with E-state index >= 15 is 0 Å². The van der Waals surface area contributed by atoms with Gasteiger partial charge in [0.1, 0.15) is 0 Å². The molecule has 50 valence electrons. The third-order valence-electron chi connectivity index (χ3n) is 0.568. The third kappa shape index (κ3) is 6.46. The van der Waals surface area contributed by atoms with Gasteiger partial charge in [-0.3, -0.25) is 0 Å². The Kier molecular flexibility index (Phi) is 6.31. The van der Waals surface area contributed by atoms with Gasteiger partial charge in [-0.25, -0.2) is 9.98 Å². The van der Waals surface area contributed by atoms with Crippen LogP contribution < -0.4 is 0 Å². The van der Waals surface area contributed by atoms with Crippen molar-refractivity contribution in [1.82, 2.24) is 0 Å². The van der Waals surface area contributed by atoms with E-state index in [-0.39, 0.29) is 0 Å². The molecule has 0 fully saturated rings. The first-order valence-corrected chi connectivity index (χ1v) is 2.80. The maximum Gasteiger partial charge on any atom is 0.0566 e. The molecule has 0 aromatic carbocycles. The molecule has 0 N–H and O–H groups in total. The van der Waals surface area contributed by atoms with E-state index < -0.39 is 0 Å². The SMILES string of the molecule is CC#C/N=C\C=N/C#CC. The Morgan fingerprint density at radius 2 is 1.30 bits per heavy atom. The van der Waals surface area contributed by atoms with E-state index in [1.54, 1.807) is 13.8 Å². The maximum absolute atomic E-state index is 3.66. The minimum absolute atomic E-state index is 1.50. The zero-order valence-corrected chi connectivity index (χ0v) is 6.05. The molecule has 2 heteroatoms. The fourth-order valence-corrected chi connectivity index (χ4v) is 0.270. The molecule has 0 heterocycles. The quantitative estimate of drug-likeness (QED) is 0.377. The third-order valence-corrected chi connectivity index (χ3v) is 0.568. The first kappa shape index (κ1) is 8.46. The van der Waals surface area contributed by atoms with E-state index in [1.165, 1.54) is 12.4 Å². The minimum atomic E-state index is 1.50. The predicted octanol–water partition coefficient (Wildman–Crippen LogP) is 1.09. The van der Waals surface area contributed by atoms with Gasteiger partial charge in [-0.05, 0) is 13.8 Å². The van der Waals surface area contributed by atoms with Gasteiger partial charge >= 0.3 is 0 Å². The zero-order chi connectivity index (χ0) is 7.66. The summed E-state index contributed by atoms with van der Waals surface area (Å²) < 4.78 is 0. The Morgan fingerprint density at radius 3 is 1.60 bits per heavy atom. The van der Waals surface area contributed by atoms with Crippen molar-refractivity contribution in [2.75, 3.05) is 0 Å². The smallest absolute Gasteiger partial charge is 0.0566 e. The number of aliphatic imine (C=N–C) groups is 2. The number of hydrogen-bond donors (Lipinski definition) is 0. The van der Waals surface area contributed by atoms with Crippen LogP contribution in [0.1, 0.15) is 13.8 Å². The summed E-state index contributed by atoms with van der Waals surface area (Å²) >= 11 is 0. The van der Waals surface area contributed by atoms with E-state index in [0.29, 0.717) is 0 Å². The normalized spacial score (nSPS) is 8.60.